The van der Waals surface area contributed by atoms with Gasteiger partial charge in [0.2, 0.25) is 5.91 Å². The maximum Gasteiger partial charge on any atom is 0.416 e. The number of urea groups is 1. The van der Waals surface area contributed by atoms with E-state index in [4.69, 9.17) is 4.74 Å². The molecule has 1 aliphatic heterocycles. The van der Waals surface area contributed by atoms with E-state index >= 15 is 0 Å². The fraction of sp³-hybridized carbons (Fsp3) is 0.550. The van der Waals surface area contributed by atoms with Crippen molar-refractivity contribution in [3.05, 3.63) is 29.8 Å². The van der Waals surface area contributed by atoms with E-state index in [1.165, 1.54) is 17.0 Å². The zero-order chi connectivity index (χ0) is 21.8. The Balaban J connectivity index is 1.32. The molecule has 1 saturated heterocycles. The van der Waals surface area contributed by atoms with Crippen molar-refractivity contribution in [3.63, 3.8) is 0 Å². The second-order valence-electron chi connectivity index (χ2n) is 7.50. The van der Waals surface area contributed by atoms with Gasteiger partial charge in [-0.05, 0) is 43.5 Å². The molecular weight excluding hydrogens is 403 g/mol. The Morgan fingerprint density at radius 2 is 1.83 bits per heavy atom. The highest BCUT2D eigenvalue weighted by atomic mass is 19.4. The number of benzene rings is 1. The number of imide groups is 1. The minimum Gasteiger partial charge on any atom is -0.492 e. The van der Waals surface area contributed by atoms with Gasteiger partial charge < -0.3 is 15.4 Å². The number of rotatable bonds is 8. The fourth-order valence-electron chi connectivity index (χ4n) is 3.78. The predicted molar refractivity (Wildman–Crippen MR) is 101 cm³/mol. The summed E-state index contributed by atoms with van der Waals surface area (Å²) in [7, 11) is 0. The molecule has 7 nitrogen and oxygen atoms in total. The van der Waals surface area contributed by atoms with Crippen molar-refractivity contribution in [2.75, 3.05) is 19.7 Å². The summed E-state index contributed by atoms with van der Waals surface area (Å²) in [5.41, 5.74) is -1.50. The van der Waals surface area contributed by atoms with Gasteiger partial charge in [0.1, 0.15) is 17.9 Å². The molecule has 2 fully saturated rings. The average Bonchev–Trinajstić information content (AvgIpc) is 3.25. The Bertz CT molecular complexity index is 789. The molecule has 0 atom stereocenters. The lowest BCUT2D eigenvalue weighted by molar-refractivity contribution is -0.137. The summed E-state index contributed by atoms with van der Waals surface area (Å²) in [5, 5.41) is 5.43. The van der Waals surface area contributed by atoms with Crippen LogP contribution in [0.25, 0.3) is 0 Å². The molecule has 0 unspecified atom stereocenters. The SMILES string of the molecule is O=C(CCCN1C(=O)NC2(CCCC2)C1=O)NCCOc1ccc(C(F)(F)F)cc1. The lowest BCUT2D eigenvalue weighted by Crippen LogP contribution is -2.44. The lowest BCUT2D eigenvalue weighted by atomic mass is 9.98. The molecule has 3 rings (SSSR count). The third kappa shape index (κ3) is 5.03. The van der Waals surface area contributed by atoms with Crippen LogP contribution >= 0.6 is 0 Å². The minimum absolute atomic E-state index is 0.104. The first kappa shape index (κ1) is 21.9. The van der Waals surface area contributed by atoms with Crippen molar-refractivity contribution in [1.29, 1.82) is 0 Å². The van der Waals surface area contributed by atoms with Crippen molar-refractivity contribution < 1.29 is 32.3 Å². The second-order valence-corrected chi connectivity index (χ2v) is 7.50. The van der Waals surface area contributed by atoms with Crippen LogP contribution in [0.3, 0.4) is 0 Å². The van der Waals surface area contributed by atoms with Gasteiger partial charge in [-0.25, -0.2) is 4.79 Å². The summed E-state index contributed by atoms with van der Waals surface area (Å²) in [6.45, 7) is 0.473. The number of hydrogen-bond acceptors (Lipinski definition) is 4. The van der Waals surface area contributed by atoms with Crippen LogP contribution in [0, 0.1) is 0 Å². The first-order chi connectivity index (χ1) is 14.2. The van der Waals surface area contributed by atoms with E-state index in [0.717, 1.165) is 25.0 Å². The normalized spacial score (nSPS) is 18.0. The molecule has 10 heteroatoms. The Morgan fingerprint density at radius 3 is 2.47 bits per heavy atom. The number of hydrogen-bond donors (Lipinski definition) is 2. The molecule has 0 aromatic heterocycles. The van der Waals surface area contributed by atoms with Gasteiger partial charge in [0, 0.05) is 13.0 Å². The maximum absolute atomic E-state index is 12.5. The molecule has 164 valence electrons. The smallest absolute Gasteiger partial charge is 0.416 e. The molecular formula is C20H24F3N3O4. The zero-order valence-electron chi connectivity index (χ0n) is 16.4. The molecule has 1 aliphatic carbocycles. The monoisotopic (exact) mass is 427 g/mol. The fourth-order valence-corrected chi connectivity index (χ4v) is 3.78. The highest BCUT2D eigenvalue weighted by molar-refractivity contribution is 6.07. The van der Waals surface area contributed by atoms with Crippen LogP contribution < -0.4 is 15.4 Å². The molecule has 2 aliphatic rings. The highest BCUT2D eigenvalue weighted by Crippen LogP contribution is 2.35. The number of halogens is 3. The Hall–Kier alpha value is -2.78. The molecule has 1 spiro atoms. The number of carbonyl (C=O) groups excluding carboxylic acids is 3. The first-order valence-electron chi connectivity index (χ1n) is 9.92. The molecule has 1 aromatic carbocycles. The maximum atomic E-state index is 12.5. The molecule has 1 saturated carbocycles. The third-order valence-electron chi connectivity index (χ3n) is 5.36. The van der Waals surface area contributed by atoms with Gasteiger partial charge in [-0.1, -0.05) is 12.8 Å². The van der Waals surface area contributed by atoms with E-state index in [-0.39, 0.29) is 43.7 Å². The van der Waals surface area contributed by atoms with Crippen molar-refractivity contribution in [2.24, 2.45) is 0 Å². The Labute approximate surface area is 171 Å². The summed E-state index contributed by atoms with van der Waals surface area (Å²) in [6, 6.07) is 3.91. The van der Waals surface area contributed by atoms with Crippen molar-refractivity contribution in [3.8, 4) is 5.75 Å². The van der Waals surface area contributed by atoms with E-state index in [1.54, 1.807) is 0 Å². The van der Waals surface area contributed by atoms with Crippen molar-refractivity contribution in [1.82, 2.24) is 15.5 Å². The number of ether oxygens (including phenoxy) is 1. The van der Waals surface area contributed by atoms with Gasteiger partial charge in [-0.15, -0.1) is 0 Å². The Morgan fingerprint density at radius 1 is 1.17 bits per heavy atom. The molecule has 30 heavy (non-hydrogen) atoms. The molecule has 1 heterocycles. The third-order valence-corrected chi connectivity index (χ3v) is 5.36. The zero-order valence-corrected chi connectivity index (χ0v) is 16.4. The second kappa shape index (κ2) is 8.93. The number of nitrogens with zero attached hydrogens (tertiary/aromatic N) is 1. The predicted octanol–water partition coefficient (Wildman–Crippen LogP) is 2.85. The van der Waals surface area contributed by atoms with E-state index < -0.39 is 23.3 Å². The molecule has 2 N–H and O–H groups in total. The summed E-state index contributed by atoms with van der Waals surface area (Å²) in [4.78, 5) is 37.6. The van der Waals surface area contributed by atoms with Crippen LogP contribution in [0.1, 0.15) is 44.1 Å². The van der Waals surface area contributed by atoms with E-state index in [1.807, 2.05) is 0 Å². The van der Waals surface area contributed by atoms with Crippen molar-refractivity contribution >= 4 is 17.8 Å². The van der Waals surface area contributed by atoms with Crippen LogP contribution in [-0.4, -0.2) is 48.0 Å². The molecule has 4 amide bonds. The van der Waals surface area contributed by atoms with Gasteiger partial charge in [0.25, 0.3) is 5.91 Å². The number of amides is 4. The van der Waals surface area contributed by atoms with Crippen LogP contribution in [-0.2, 0) is 15.8 Å². The summed E-state index contributed by atoms with van der Waals surface area (Å²) in [5.74, 6) is -0.180. The molecule has 1 aromatic rings. The topological polar surface area (TPSA) is 87.7 Å². The standard InChI is InChI=1S/C20H24F3N3O4/c21-20(22,23)14-5-7-15(8-6-14)30-13-11-24-16(27)4-3-12-26-17(28)19(25-18(26)29)9-1-2-10-19/h5-8H,1-4,9-13H2,(H,24,27)(H,25,29). The van der Waals surface area contributed by atoms with Gasteiger partial charge in [0.05, 0.1) is 12.1 Å². The average molecular weight is 427 g/mol. The lowest BCUT2D eigenvalue weighted by Gasteiger charge is -2.19. The van der Waals surface area contributed by atoms with Crippen LogP contribution in [0.2, 0.25) is 0 Å². The van der Waals surface area contributed by atoms with Gasteiger partial charge >= 0.3 is 12.2 Å². The highest BCUT2D eigenvalue weighted by Gasteiger charge is 2.52. The largest absolute Gasteiger partial charge is 0.492 e. The van der Waals surface area contributed by atoms with Crippen LogP contribution in [0.15, 0.2) is 24.3 Å². The number of nitrogens with one attached hydrogen (secondary N) is 2. The number of alkyl halides is 3. The van der Waals surface area contributed by atoms with E-state index in [2.05, 4.69) is 10.6 Å². The summed E-state index contributed by atoms with van der Waals surface area (Å²) < 4.78 is 42.8. The van der Waals surface area contributed by atoms with Crippen LogP contribution in [0.4, 0.5) is 18.0 Å². The Kier molecular flexibility index (Phi) is 6.52. The molecule has 0 bridgehead atoms. The number of carbonyl (C=O) groups is 3. The van der Waals surface area contributed by atoms with Gasteiger partial charge in [-0.3, -0.25) is 14.5 Å². The van der Waals surface area contributed by atoms with Gasteiger partial charge in [0.15, 0.2) is 0 Å². The quantitative estimate of drug-likeness (QED) is 0.493. The molecule has 0 radical (unpaired) electrons. The van der Waals surface area contributed by atoms with Gasteiger partial charge in [-0.2, -0.15) is 13.2 Å². The van der Waals surface area contributed by atoms with E-state index in [0.29, 0.717) is 19.3 Å². The first-order valence-corrected chi connectivity index (χ1v) is 9.92. The van der Waals surface area contributed by atoms with E-state index in [9.17, 15) is 27.6 Å². The minimum atomic E-state index is -4.40. The van der Waals surface area contributed by atoms with Crippen LogP contribution in [0.5, 0.6) is 5.75 Å². The summed E-state index contributed by atoms with van der Waals surface area (Å²) in [6.07, 6.45) is -0.760. The summed E-state index contributed by atoms with van der Waals surface area (Å²) >= 11 is 0. The van der Waals surface area contributed by atoms with Crippen molar-refractivity contribution in [2.45, 2.75) is 50.2 Å².